The number of aryl methyl sites for hydroxylation is 1. The molecule has 2 unspecified atom stereocenters. The Morgan fingerprint density at radius 3 is 2.40 bits per heavy atom. The van der Waals surface area contributed by atoms with Gasteiger partial charge in [-0.15, -0.1) is 24.8 Å². The second kappa shape index (κ2) is 9.22. The van der Waals surface area contributed by atoms with Crippen LogP contribution in [-0.4, -0.2) is 44.5 Å². The minimum absolute atomic E-state index is 0. The van der Waals surface area contributed by atoms with Gasteiger partial charge in [0.1, 0.15) is 0 Å². The van der Waals surface area contributed by atoms with Crippen molar-refractivity contribution in [2.24, 2.45) is 11.3 Å². The molecule has 2 fully saturated rings. The minimum atomic E-state index is 0. The number of piperidine rings is 1. The first-order valence-electron chi connectivity index (χ1n) is 8.73. The van der Waals surface area contributed by atoms with Crippen molar-refractivity contribution in [3.05, 3.63) is 35.4 Å². The van der Waals surface area contributed by atoms with Crippen LogP contribution in [0.15, 0.2) is 24.3 Å². The number of nitrogens with one attached hydrogen (secondary N) is 2. The third-order valence-corrected chi connectivity index (χ3v) is 5.66. The summed E-state index contributed by atoms with van der Waals surface area (Å²) in [5.74, 6) is 0.497. The van der Waals surface area contributed by atoms with Crippen molar-refractivity contribution in [1.29, 1.82) is 0 Å². The molecule has 25 heavy (non-hydrogen) atoms. The molecular formula is C19H31Cl2N3O. The van der Waals surface area contributed by atoms with E-state index >= 15 is 0 Å². The lowest BCUT2D eigenvalue weighted by Crippen LogP contribution is -2.37. The van der Waals surface area contributed by atoms with Crippen LogP contribution < -0.4 is 10.6 Å². The summed E-state index contributed by atoms with van der Waals surface area (Å²) in [6.45, 7) is 4.91. The Bertz CT molecular complexity index is 556. The van der Waals surface area contributed by atoms with Gasteiger partial charge in [-0.25, -0.2) is 0 Å². The number of hydrogen-bond donors (Lipinski definition) is 2. The van der Waals surface area contributed by atoms with E-state index < -0.39 is 0 Å². The Morgan fingerprint density at radius 1 is 1.24 bits per heavy atom. The van der Waals surface area contributed by atoms with Gasteiger partial charge in [0, 0.05) is 12.5 Å². The molecule has 2 atom stereocenters. The topological polar surface area (TPSA) is 44.4 Å². The number of rotatable bonds is 5. The largest absolute Gasteiger partial charge is 0.354 e. The first-order chi connectivity index (χ1) is 11.0. The van der Waals surface area contributed by atoms with E-state index in [1.54, 1.807) is 0 Å². The highest BCUT2D eigenvalue weighted by molar-refractivity contribution is 5.85. The van der Waals surface area contributed by atoms with E-state index in [2.05, 4.69) is 60.8 Å². The fourth-order valence-corrected chi connectivity index (χ4v) is 3.90. The summed E-state index contributed by atoms with van der Waals surface area (Å²) in [5, 5.41) is 6.60. The van der Waals surface area contributed by atoms with Crippen molar-refractivity contribution in [2.45, 2.75) is 32.2 Å². The molecule has 2 N–H and O–H groups in total. The Balaban J connectivity index is 0.00000156. The fourth-order valence-electron chi connectivity index (χ4n) is 3.90. The van der Waals surface area contributed by atoms with Gasteiger partial charge in [-0.2, -0.15) is 0 Å². The van der Waals surface area contributed by atoms with Crippen LogP contribution in [0.25, 0.3) is 0 Å². The Kier molecular flexibility index (Phi) is 8.20. The SMILES string of the molecule is Cc1ccc(C(CNC(=O)C2CC23CCNCC3)N(C)C)cc1.Cl.Cl. The van der Waals surface area contributed by atoms with Gasteiger partial charge in [0.25, 0.3) is 0 Å². The van der Waals surface area contributed by atoms with Crippen LogP contribution in [0, 0.1) is 18.3 Å². The lowest BCUT2D eigenvalue weighted by molar-refractivity contribution is -0.123. The molecule has 4 nitrogen and oxygen atoms in total. The van der Waals surface area contributed by atoms with E-state index in [1.165, 1.54) is 11.1 Å². The van der Waals surface area contributed by atoms with Crippen LogP contribution in [0.1, 0.15) is 36.4 Å². The number of likely N-dealkylation sites (N-methyl/N-ethyl adjacent to an activating group) is 1. The second-order valence-electron chi connectivity index (χ2n) is 7.50. The molecule has 142 valence electrons. The predicted octanol–water partition coefficient (Wildman–Crippen LogP) is 2.95. The molecular weight excluding hydrogens is 357 g/mol. The third kappa shape index (κ3) is 5.10. The molecule has 1 heterocycles. The monoisotopic (exact) mass is 387 g/mol. The van der Waals surface area contributed by atoms with Gasteiger partial charge in [-0.05, 0) is 64.3 Å². The number of carbonyl (C=O) groups excluding carboxylic acids is 1. The molecule has 1 aliphatic heterocycles. The lowest BCUT2D eigenvalue weighted by Gasteiger charge is -2.26. The molecule has 1 spiro atoms. The van der Waals surface area contributed by atoms with Crippen molar-refractivity contribution in [3.63, 3.8) is 0 Å². The number of halogens is 2. The molecule has 0 aromatic heterocycles. The van der Waals surface area contributed by atoms with Crippen molar-refractivity contribution in [2.75, 3.05) is 33.7 Å². The molecule has 1 aromatic rings. The van der Waals surface area contributed by atoms with Gasteiger partial charge in [-0.1, -0.05) is 29.8 Å². The number of carbonyl (C=O) groups is 1. The molecule has 0 radical (unpaired) electrons. The van der Waals surface area contributed by atoms with E-state index in [4.69, 9.17) is 0 Å². The summed E-state index contributed by atoms with van der Waals surface area (Å²) in [4.78, 5) is 14.7. The quantitative estimate of drug-likeness (QED) is 0.815. The highest BCUT2D eigenvalue weighted by atomic mass is 35.5. The average molecular weight is 388 g/mol. The maximum Gasteiger partial charge on any atom is 0.223 e. The molecule has 6 heteroatoms. The third-order valence-electron chi connectivity index (χ3n) is 5.66. The lowest BCUT2D eigenvalue weighted by atomic mass is 9.91. The van der Waals surface area contributed by atoms with Gasteiger partial charge in [-0.3, -0.25) is 4.79 Å². The van der Waals surface area contributed by atoms with Gasteiger partial charge in [0.2, 0.25) is 5.91 Å². The van der Waals surface area contributed by atoms with Crippen LogP contribution in [-0.2, 0) is 4.79 Å². The number of nitrogens with zero attached hydrogens (tertiary/aromatic N) is 1. The highest BCUT2D eigenvalue weighted by Gasteiger charge is 2.57. The Hall–Kier alpha value is -0.810. The summed E-state index contributed by atoms with van der Waals surface area (Å²) in [6, 6.07) is 8.83. The highest BCUT2D eigenvalue weighted by Crippen LogP contribution is 2.58. The van der Waals surface area contributed by atoms with E-state index in [-0.39, 0.29) is 42.7 Å². The van der Waals surface area contributed by atoms with Crippen molar-refractivity contribution in [1.82, 2.24) is 15.5 Å². The molecule has 2 aliphatic rings. The van der Waals surface area contributed by atoms with Crippen LogP contribution in [0.4, 0.5) is 0 Å². The van der Waals surface area contributed by atoms with Gasteiger partial charge >= 0.3 is 0 Å². The van der Waals surface area contributed by atoms with E-state index in [0.29, 0.717) is 12.0 Å². The smallest absolute Gasteiger partial charge is 0.223 e. The maximum atomic E-state index is 12.5. The molecule has 1 aliphatic carbocycles. The summed E-state index contributed by atoms with van der Waals surface area (Å²) >= 11 is 0. The first kappa shape index (κ1) is 22.2. The molecule has 1 aromatic carbocycles. The fraction of sp³-hybridized carbons (Fsp3) is 0.632. The predicted molar refractivity (Wildman–Crippen MR) is 108 cm³/mol. The maximum absolute atomic E-state index is 12.5. The zero-order valence-electron chi connectivity index (χ0n) is 15.4. The van der Waals surface area contributed by atoms with E-state index in [0.717, 1.165) is 32.4 Å². The van der Waals surface area contributed by atoms with Gasteiger partial charge < -0.3 is 15.5 Å². The van der Waals surface area contributed by atoms with Crippen molar-refractivity contribution < 1.29 is 4.79 Å². The van der Waals surface area contributed by atoms with Crippen LogP contribution in [0.3, 0.4) is 0 Å². The zero-order chi connectivity index (χ0) is 16.4. The van der Waals surface area contributed by atoms with Crippen molar-refractivity contribution >= 4 is 30.7 Å². The Morgan fingerprint density at radius 2 is 1.84 bits per heavy atom. The standard InChI is InChI=1S/C19H29N3O.2ClH/c1-14-4-6-15(7-5-14)17(22(2)3)13-21-18(23)16-12-19(16)8-10-20-11-9-19;;/h4-7,16-17,20H,8-13H2,1-3H3,(H,21,23);2*1H. The van der Waals surface area contributed by atoms with Gasteiger partial charge in [0.15, 0.2) is 0 Å². The van der Waals surface area contributed by atoms with E-state index in [9.17, 15) is 4.79 Å². The molecule has 0 bridgehead atoms. The van der Waals surface area contributed by atoms with Crippen LogP contribution in [0.5, 0.6) is 0 Å². The zero-order valence-corrected chi connectivity index (χ0v) is 17.0. The summed E-state index contributed by atoms with van der Waals surface area (Å²) in [6.07, 6.45) is 3.39. The molecule has 1 saturated carbocycles. The van der Waals surface area contributed by atoms with Crippen LogP contribution >= 0.6 is 24.8 Å². The van der Waals surface area contributed by atoms with Crippen molar-refractivity contribution in [3.8, 4) is 0 Å². The minimum Gasteiger partial charge on any atom is -0.354 e. The summed E-state index contributed by atoms with van der Waals surface area (Å²) in [7, 11) is 4.14. The van der Waals surface area contributed by atoms with Gasteiger partial charge in [0.05, 0.1) is 6.04 Å². The molecule has 1 amide bonds. The summed E-state index contributed by atoms with van der Waals surface area (Å²) < 4.78 is 0. The van der Waals surface area contributed by atoms with E-state index in [1.807, 2.05) is 0 Å². The average Bonchev–Trinajstić information content (AvgIpc) is 3.22. The van der Waals surface area contributed by atoms with Crippen LogP contribution in [0.2, 0.25) is 0 Å². The molecule has 3 rings (SSSR count). The Labute approximate surface area is 163 Å². The first-order valence-corrected chi connectivity index (χ1v) is 8.73. The second-order valence-corrected chi connectivity index (χ2v) is 7.50. The number of hydrogen-bond acceptors (Lipinski definition) is 3. The molecule has 1 saturated heterocycles. The number of amides is 1. The normalized spacial score (nSPS) is 21.8. The summed E-state index contributed by atoms with van der Waals surface area (Å²) in [5.41, 5.74) is 2.83. The number of benzene rings is 1.